The van der Waals surface area contributed by atoms with Crippen LogP contribution in [0.4, 0.5) is 0 Å². The third-order valence-electron chi connectivity index (χ3n) is 4.22. The quantitative estimate of drug-likeness (QED) is 0.787. The van der Waals surface area contributed by atoms with Crippen molar-refractivity contribution < 1.29 is 14.7 Å². The molecule has 110 valence electrons. The zero-order chi connectivity index (χ0) is 14.5. The minimum atomic E-state index is -0.980. The van der Waals surface area contributed by atoms with Crippen molar-refractivity contribution in [1.29, 1.82) is 0 Å². The van der Waals surface area contributed by atoms with Gasteiger partial charge in [-0.25, -0.2) is 0 Å². The molecule has 0 aromatic carbocycles. The standard InChI is InChI=1S/C14H25NO3S/c1-10(2)14(3,13(17)18)8-12(16)15-9-11-4-6-19-7-5-11/h10-11H,4-9H2,1-3H3,(H,15,16)(H,17,18). The Morgan fingerprint density at radius 2 is 1.95 bits per heavy atom. The minimum Gasteiger partial charge on any atom is -0.481 e. The molecule has 0 spiro atoms. The van der Waals surface area contributed by atoms with E-state index in [-0.39, 0.29) is 18.2 Å². The first-order valence-electron chi connectivity index (χ1n) is 6.94. The fourth-order valence-corrected chi connectivity index (χ4v) is 3.34. The third kappa shape index (κ3) is 4.71. The van der Waals surface area contributed by atoms with E-state index in [0.29, 0.717) is 12.5 Å². The third-order valence-corrected chi connectivity index (χ3v) is 5.27. The second-order valence-electron chi connectivity index (χ2n) is 5.91. The van der Waals surface area contributed by atoms with E-state index in [4.69, 9.17) is 0 Å². The molecule has 1 aliphatic rings. The van der Waals surface area contributed by atoms with Gasteiger partial charge in [-0.2, -0.15) is 11.8 Å². The van der Waals surface area contributed by atoms with Crippen LogP contribution in [-0.4, -0.2) is 35.0 Å². The lowest BCUT2D eigenvalue weighted by Crippen LogP contribution is -2.40. The van der Waals surface area contributed by atoms with E-state index >= 15 is 0 Å². The first kappa shape index (κ1) is 16.3. The van der Waals surface area contributed by atoms with Crippen LogP contribution in [0.25, 0.3) is 0 Å². The summed E-state index contributed by atoms with van der Waals surface area (Å²) >= 11 is 1.96. The molecule has 0 bridgehead atoms. The highest BCUT2D eigenvalue weighted by atomic mass is 32.2. The molecule has 1 rings (SSSR count). The van der Waals surface area contributed by atoms with Gasteiger partial charge in [0.25, 0.3) is 0 Å². The first-order chi connectivity index (χ1) is 8.86. The number of aliphatic carboxylic acids is 1. The average Bonchev–Trinajstić information content (AvgIpc) is 2.37. The molecule has 0 radical (unpaired) electrons. The molecule has 1 saturated heterocycles. The van der Waals surface area contributed by atoms with Crippen LogP contribution in [-0.2, 0) is 9.59 Å². The van der Waals surface area contributed by atoms with E-state index in [9.17, 15) is 14.7 Å². The van der Waals surface area contributed by atoms with Crippen molar-refractivity contribution in [2.75, 3.05) is 18.1 Å². The van der Waals surface area contributed by atoms with Crippen LogP contribution in [0.1, 0.15) is 40.0 Å². The Morgan fingerprint density at radius 3 is 2.42 bits per heavy atom. The van der Waals surface area contributed by atoms with Crippen molar-refractivity contribution in [3.8, 4) is 0 Å². The molecular formula is C14H25NO3S. The topological polar surface area (TPSA) is 66.4 Å². The number of hydrogen-bond donors (Lipinski definition) is 2. The van der Waals surface area contributed by atoms with Gasteiger partial charge in [-0.15, -0.1) is 0 Å². The number of carbonyl (C=O) groups excluding carboxylic acids is 1. The number of rotatable bonds is 6. The van der Waals surface area contributed by atoms with E-state index in [0.717, 1.165) is 12.8 Å². The van der Waals surface area contributed by atoms with Gasteiger partial charge < -0.3 is 10.4 Å². The molecule has 0 saturated carbocycles. The smallest absolute Gasteiger partial charge is 0.310 e. The lowest BCUT2D eigenvalue weighted by atomic mass is 9.76. The van der Waals surface area contributed by atoms with E-state index in [2.05, 4.69) is 5.32 Å². The minimum absolute atomic E-state index is 0.0570. The average molecular weight is 287 g/mol. The molecule has 2 N–H and O–H groups in total. The maximum atomic E-state index is 11.9. The highest BCUT2D eigenvalue weighted by Gasteiger charge is 2.38. The largest absolute Gasteiger partial charge is 0.481 e. The molecule has 0 aromatic heterocycles. The van der Waals surface area contributed by atoms with E-state index in [1.165, 1.54) is 11.5 Å². The fourth-order valence-electron chi connectivity index (χ4n) is 2.13. The number of carbonyl (C=O) groups is 2. The van der Waals surface area contributed by atoms with Crippen LogP contribution in [0.5, 0.6) is 0 Å². The van der Waals surface area contributed by atoms with Crippen molar-refractivity contribution in [2.24, 2.45) is 17.3 Å². The van der Waals surface area contributed by atoms with Crippen molar-refractivity contribution in [1.82, 2.24) is 5.32 Å². The molecule has 19 heavy (non-hydrogen) atoms. The van der Waals surface area contributed by atoms with E-state index < -0.39 is 11.4 Å². The monoisotopic (exact) mass is 287 g/mol. The number of carboxylic acids is 1. The summed E-state index contributed by atoms with van der Waals surface area (Å²) in [6.07, 6.45) is 2.35. The second kappa shape index (κ2) is 7.17. The molecule has 1 atom stereocenters. The number of hydrogen-bond acceptors (Lipinski definition) is 3. The maximum absolute atomic E-state index is 11.9. The Balaban J connectivity index is 2.42. The lowest BCUT2D eigenvalue weighted by molar-refractivity contribution is -0.153. The zero-order valence-corrected chi connectivity index (χ0v) is 12.9. The Morgan fingerprint density at radius 1 is 1.37 bits per heavy atom. The predicted molar refractivity (Wildman–Crippen MR) is 78.3 cm³/mol. The first-order valence-corrected chi connectivity index (χ1v) is 8.09. The highest BCUT2D eigenvalue weighted by Crippen LogP contribution is 2.31. The Hall–Kier alpha value is -0.710. The van der Waals surface area contributed by atoms with Gasteiger partial charge in [0.1, 0.15) is 0 Å². The molecular weight excluding hydrogens is 262 g/mol. The van der Waals surface area contributed by atoms with Crippen LogP contribution in [0.2, 0.25) is 0 Å². The normalized spacial score (nSPS) is 20.0. The fraction of sp³-hybridized carbons (Fsp3) is 0.857. The summed E-state index contributed by atoms with van der Waals surface area (Å²) < 4.78 is 0. The summed E-state index contributed by atoms with van der Waals surface area (Å²) in [4.78, 5) is 23.3. The van der Waals surface area contributed by atoms with Gasteiger partial charge in [0.05, 0.1) is 5.41 Å². The number of amides is 1. The van der Waals surface area contributed by atoms with Crippen molar-refractivity contribution in [3.05, 3.63) is 0 Å². The van der Waals surface area contributed by atoms with Gasteiger partial charge in [-0.05, 0) is 43.1 Å². The summed E-state index contributed by atoms with van der Waals surface area (Å²) in [5.41, 5.74) is -0.980. The molecule has 1 fully saturated rings. The molecule has 1 heterocycles. The summed E-state index contributed by atoms with van der Waals surface area (Å²) in [7, 11) is 0. The molecule has 0 aromatic rings. The molecule has 5 heteroatoms. The van der Waals surface area contributed by atoms with Crippen LogP contribution in [0, 0.1) is 17.3 Å². The second-order valence-corrected chi connectivity index (χ2v) is 7.14. The van der Waals surface area contributed by atoms with E-state index in [1.807, 2.05) is 25.6 Å². The number of carboxylic acid groups (broad SMARTS) is 1. The summed E-state index contributed by atoms with van der Waals surface area (Å²) in [6, 6.07) is 0. The van der Waals surface area contributed by atoms with Gasteiger partial charge in [-0.3, -0.25) is 9.59 Å². The zero-order valence-electron chi connectivity index (χ0n) is 12.1. The van der Waals surface area contributed by atoms with Gasteiger partial charge in [0.15, 0.2) is 0 Å². The maximum Gasteiger partial charge on any atom is 0.310 e. The van der Waals surface area contributed by atoms with Crippen molar-refractivity contribution in [3.63, 3.8) is 0 Å². The highest BCUT2D eigenvalue weighted by molar-refractivity contribution is 7.99. The summed E-state index contributed by atoms with van der Waals surface area (Å²) in [5, 5.41) is 12.2. The SMILES string of the molecule is CC(C)C(C)(CC(=O)NCC1CCSCC1)C(=O)O. The molecule has 1 unspecified atom stereocenters. The Kier molecular flexibility index (Phi) is 6.17. The van der Waals surface area contributed by atoms with Crippen LogP contribution < -0.4 is 5.32 Å². The number of nitrogens with one attached hydrogen (secondary N) is 1. The molecule has 4 nitrogen and oxygen atoms in total. The van der Waals surface area contributed by atoms with Crippen molar-refractivity contribution >= 4 is 23.6 Å². The van der Waals surface area contributed by atoms with Gasteiger partial charge in [0, 0.05) is 13.0 Å². The lowest BCUT2D eigenvalue weighted by Gasteiger charge is -2.29. The van der Waals surface area contributed by atoms with Gasteiger partial charge in [0.2, 0.25) is 5.91 Å². The van der Waals surface area contributed by atoms with Crippen LogP contribution in [0.3, 0.4) is 0 Å². The molecule has 1 amide bonds. The van der Waals surface area contributed by atoms with E-state index in [1.54, 1.807) is 6.92 Å². The molecule has 1 aliphatic heterocycles. The van der Waals surface area contributed by atoms with Gasteiger partial charge in [-0.1, -0.05) is 13.8 Å². The van der Waals surface area contributed by atoms with Crippen molar-refractivity contribution in [2.45, 2.75) is 40.0 Å². The van der Waals surface area contributed by atoms with Crippen LogP contribution in [0.15, 0.2) is 0 Å². The predicted octanol–water partition coefficient (Wildman–Crippen LogP) is 2.38. The Labute approximate surface area is 119 Å². The van der Waals surface area contributed by atoms with Gasteiger partial charge >= 0.3 is 5.97 Å². The Bertz CT molecular complexity index is 327. The molecule has 0 aliphatic carbocycles. The van der Waals surface area contributed by atoms with Crippen LogP contribution >= 0.6 is 11.8 Å². The summed E-state index contributed by atoms with van der Waals surface area (Å²) in [6.45, 7) is 6.03. The number of thioether (sulfide) groups is 1. The summed E-state index contributed by atoms with van der Waals surface area (Å²) in [5.74, 6) is 1.78.